The highest BCUT2D eigenvalue weighted by Crippen LogP contribution is 2.43. The van der Waals surface area contributed by atoms with Gasteiger partial charge in [0.2, 0.25) is 0 Å². The molecule has 0 saturated heterocycles. The van der Waals surface area contributed by atoms with Crippen molar-refractivity contribution in [2.75, 3.05) is 0 Å². The Morgan fingerprint density at radius 1 is 1.35 bits per heavy atom. The largest absolute Gasteiger partial charge is 0.391 e. The Balaban J connectivity index is 2.17. The third-order valence-corrected chi connectivity index (χ3v) is 4.26. The molecule has 1 nitrogen and oxygen atoms in total. The fourth-order valence-electron chi connectivity index (χ4n) is 2.82. The fourth-order valence-corrected chi connectivity index (χ4v) is 3.01. The SMILES string of the molecule is OC1(Cc2cccc(F)c2Cl)CCCC(C(F)(F)F)C1. The molecule has 2 atom stereocenters. The van der Waals surface area contributed by atoms with Crippen LogP contribution in [0.2, 0.25) is 5.02 Å². The summed E-state index contributed by atoms with van der Waals surface area (Å²) < 4.78 is 51.6. The summed E-state index contributed by atoms with van der Waals surface area (Å²) in [6.45, 7) is 0. The summed E-state index contributed by atoms with van der Waals surface area (Å²) >= 11 is 5.79. The van der Waals surface area contributed by atoms with Crippen molar-refractivity contribution >= 4 is 11.6 Å². The van der Waals surface area contributed by atoms with Crippen LogP contribution >= 0.6 is 11.6 Å². The van der Waals surface area contributed by atoms with Crippen molar-refractivity contribution < 1.29 is 22.7 Å². The van der Waals surface area contributed by atoms with E-state index in [4.69, 9.17) is 11.6 Å². The van der Waals surface area contributed by atoms with Gasteiger partial charge in [-0.25, -0.2) is 4.39 Å². The molecule has 6 heteroatoms. The molecule has 0 aromatic heterocycles. The minimum atomic E-state index is -4.31. The lowest BCUT2D eigenvalue weighted by Crippen LogP contribution is -2.42. The van der Waals surface area contributed by atoms with Gasteiger partial charge >= 0.3 is 6.18 Å². The van der Waals surface area contributed by atoms with Crippen molar-refractivity contribution in [3.8, 4) is 0 Å². The van der Waals surface area contributed by atoms with E-state index in [1.807, 2.05) is 0 Å². The molecule has 1 fully saturated rings. The summed E-state index contributed by atoms with van der Waals surface area (Å²) in [6, 6.07) is 4.14. The maximum atomic E-state index is 13.3. The molecule has 1 aromatic carbocycles. The average molecular weight is 311 g/mol. The lowest BCUT2D eigenvalue weighted by atomic mass is 9.75. The van der Waals surface area contributed by atoms with Crippen molar-refractivity contribution in [3.63, 3.8) is 0 Å². The van der Waals surface area contributed by atoms with Gasteiger partial charge in [-0.05, 0) is 37.3 Å². The van der Waals surface area contributed by atoms with Crippen LogP contribution in [0.15, 0.2) is 18.2 Å². The number of aliphatic hydroxyl groups is 1. The maximum absolute atomic E-state index is 13.3. The van der Waals surface area contributed by atoms with Crippen LogP contribution in [-0.2, 0) is 6.42 Å². The summed E-state index contributed by atoms with van der Waals surface area (Å²) in [6.07, 6.45) is -4.12. The molecule has 112 valence electrons. The predicted molar refractivity (Wildman–Crippen MR) is 68.1 cm³/mol. The molecule has 1 N–H and O–H groups in total. The zero-order valence-corrected chi connectivity index (χ0v) is 11.4. The summed E-state index contributed by atoms with van der Waals surface area (Å²) in [5.41, 5.74) is -1.13. The van der Waals surface area contributed by atoms with Crippen molar-refractivity contribution in [2.24, 2.45) is 5.92 Å². The molecule has 0 heterocycles. The maximum Gasteiger partial charge on any atom is 0.391 e. The normalized spacial score (nSPS) is 27.6. The van der Waals surface area contributed by atoms with E-state index in [9.17, 15) is 22.7 Å². The highest BCUT2D eigenvalue weighted by Gasteiger charge is 2.47. The van der Waals surface area contributed by atoms with Gasteiger partial charge in [-0.1, -0.05) is 23.7 Å². The third kappa shape index (κ3) is 3.44. The van der Waals surface area contributed by atoms with Crippen molar-refractivity contribution in [1.82, 2.24) is 0 Å². The molecule has 1 aliphatic rings. The first-order chi connectivity index (χ1) is 9.21. The van der Waals surface area contributed by atoms with Gasteiger partial charge in [0.15, 0.2) is 0 Å². The van der Waals surface area contributed by atoms with E-state index < -0.39 is 23.5 Å². The lowest BCUT2D eigenvalue weighted by molar-refractivity contribution is -0.200. The Morgan fingerprint density at radius 2 is 2.05 bits per heavy atom. The Morgan fingerprint density at radius 3 is 2.70 bits per heavy atom. The van der Waals surface area contributed by atoms with Gasteiger partial charge in [0.1, 0.15) is 5.82 Å². The molecule has 1 aromatic rings. The second kappa shape index (κ2) is 5.53. The van der Waals surface area contributed by atoms with Gasteiger partial charge < -0.3 is 5.11 Å². The Bertz CT molecular complexity index is 489. The van der Waals surface area contributed by atoms with E-state index in [1.165, 1.54) is 18.2 Å². The van der Waals surface area contributed by atoms with Crippen molar-refractivity contribution in [2.45, 2.75) is 43.9 Å². The Hall–Kier alpha value is -0.810. The molecule has 1 aliphatic carbocycles. The highest BCUT2D eigenvalue weighted by atomic mass is 35.5. The second-order valence-electron chi connectivity index (χ2n) is 5.45. The first kappa shape index (κ1) is 15.6. The standard InChI is InChI=1S/C14H15ClF4O/c15-12-9(3-1-5-11(12)16)7-13(20)6-2-4-10(8-13)14(17,18)19/h1,3,5,10,20H,2,4,6-8H2. The van der Waals surface area contributed by atoms with Crippen LogP contribution in [-0.4, -0.2) is 16.9 Å². The summed E-state index contributed by atoms with van der Waals surface area (Å²) in [5, 5.41) is 10.3. The fraction of sp³-hybridized carbons (Fsp3) is 0.571. The number of hydrogen-bond acceptors (Lipinski definition) is 1. The zero-order chi connectivity index (χ0) is 15.0. The summed E-state index contributed by atoms with van der Waals surface area (Å²) in [4.78, 5) is 0. The predicted octanol–water partition coefficient (Wildman–Crippen LogP) is 4.51. The lowest BCUT2D eigenvalue weighted by Gasteiger charge is -2.37. The molecule has 0 amide bonds. The molecule has 2 unspecified atom stereocenters. The number of rotatable bonds is 2. The first-order valence-corrected chi connectivity index (χ1v) is 6.81. The van der Waals surface area contributed by atoms with E-state index in [-0.39, 0.29) is 30.7 Å². The zero-order valence-electron chi connectivity index (χ0n) is 10.7. The minimum Gasteiger partial charge on any atom is -0.390 e. The van der Waals surface area contributed by atoms with Gasteiger partial charge in [-0.2, -0.15) is 13.2 Å². The van der Waals surface area contributed by atoms with Crippen molar-refractivity contribution in [3.05, 3.63) is 34.6 Å². The van der Waals surface area contributed by atoms with Crippen LogP contribution < -0.4 is 0 Å². The van der Waals surface area contributed by atoms with E-state index >= 15 is 0 Å². The number of benzene rings is 1. The van der Waals surface area contributed by atoms with Crippen LogP contribution in [0.1, 0.15) is 31.2 Å². The molecular formula is C14H15ClF4O. The average Bonchev–Trinajstić information content (AvgIpc) is 2.34. The molecular weight excluding hydrogens is 296 g/mol. The quantitative estimate of drug-likeness (QED) is 0.797. The van der Waals surface area contributed by atoms with Crippen LogP contribution in [0.4, 0.5) is 17.6 Å². The van der Waals surface area contributed by atoms with Gasteiger partial charge in [-0.3, -0.25) is 0 Å². The topological polar surface area (TPSA) is 20.2 Å². The van der Waals surface area contributed by atoms with Gasteiger partial charge in [0.05, 0.1) is 16.5 Å². The van der Waals surface area contributed by atoms with Gasteiger partial charge in [-0.15, -0.1) is 0 Å². The molecule has 0 spiro atoms. The second-order valence-corrected chi connectivity index (χ2v) is 5.83. The van der Waals surface area contributed by atoms with Crippen LogP contribution in [0.3, 0.4) is 0 Å². The third-order valence-electron chi connectivity index (χ3n) is 3.84. The van der Waals surface area contributed by atoms with E-state index in [0.29, 0.717) is 12.0 Å². The molecule has 2 rings (SSSR count). The monoisotopic (exact) mass is 310 g/mol. The van der Waals surface area contributed by atoms with Crippen LogP contribution in [0.5, 0.6) is 0 Å². The molecule has 0 aliphatic heterocycles. The number of alkyl halides is 3. The number of hydrogen-bond donors (Lipinski definition) is 1. The molecule has 0 radical (unpaired) electrons. The van der Waals surface area contributed by atoms with Crippen LogP contribution in [0.25, 0.3) is 0 Å². The summed E-state index contributed by atoms with van der Waals surface area (Å²) in [7, 11) is 0. The van der Waals surface area contributed by atoms with Crippen LogP contribution in [0, 0.1) is 11.7 Å². The minimum absolute atomic E-state index is 0.0304. The molecule has 1 saturated carbocycles. The van der Waals surface area contributed by atoms with E-state index in [2.05, 4.69) is 0 Å². The Kier molecular flexibility index (Phi) is 4.30. The van der Waals surface area contributed by atoms with Crippen molar-refractivity contribution in [1.29, 1.82) is 0 Å². The molecule has 20 heavy (non-hydrogen) atoms. The highest BCUT2D eigenvalue weighted by molar-refractivity contribution is 6.31. The Labute approximate surface area is 119 Å². The van der Waals surface area contributed by atoms with E-state index in [0.717, 1.165) is 0 Å². The smallest absolute Gasteiger partial charge is 0.390 e. The number of halogens is 5. The van der Waals surface area contributed by atoms with Gasteiger partial charge in [0.25, 0.3) is 0 Å². The van der Waals surface area contributed by atoms with E-state index in [1.54, 1.807) is 0 Å². The van der Waals surface area contributed by atoms with Gasteiger partial charge in [0, 0.05) is 6.42 Å². The first-order valence-electron chi connectivity index (χ1n) is 6.43. The molecule has 0 bridgehead atoms. The summed E-state index contributed by atoms with van der Waals surface area (Å²) in [5.74, 6) is -2.13.